The highest BCUT2D eigenvalue weighted by Crippen LogP contribution is 2.35. The van der Waals surface area contributed by atoms with Gasteiger partial charge in [0.05, 0.1) is 24.8 Å². The van der Waals surface area contributed by atoms with Crippen LogP contribution in [0.2, 0.25) is 0 Å². The molecule has 0 aliphatic rings. The van der Waals surface area contributed by atoms with Crippen LogP contribution in [0.3, 0.4) is 0 Å². The number of methoxy groups -OCH3 is 2. The SMILES string of the molecule is COc1ccc(OC)c(-c2csc(NC(=O)Cn3c(-c4cccs4)n[nH]c3=S)n2)c1. The van der Waals surface area contributed by atoms with Crippen LogP contribution < -0.4 is 14.8 Å². The van der Waals surface area contributed by atoms with Crippen molar-refractivity contribution in [3.63, 3.8) is 0 Å². The van der Waals surface area contributed by atoms with Gasteiger partial charge in [-0.15, -0.1) is 22.7 Å². The molecule has 154 valence electrons. The van der Waals surface area contributed by atoms with E-state index in [0.29, 0.717) is 32.9 Å². The summed E-state index contributed by atoms with van der Waals surface area (Å²) < 4.78 is 12.8. The highest BCUT2D eigenvalue weighted by Gasteiger charge is 2.16. The third kappa shape index (κ3) is 4.13. The van der Waals surface area contributed by atoms with Crippen molar-refractivity contribution < 1.29 is 14.3 Å². The van der Waals surface area contributed by atoms with Crippen molar-refractivity contribution in [1.29, 1.82) is 0 Å². The first-order chi connectivity index (χ1) is 14.6. The first-order valence-corrected chi connectivity index (χ1v) is 10.9. The normalized spacial score (nSPS) is 10.7. The van der Waals surface area contributed by atoms with Crippen LogP contribution >= 0.6 is 34.9 Å². The standard InChI is InChI=1S/C19H17N5O3S3/c1-26-11-5-6-14(27-2)12(8-11)13-10-30-18(20-13)21-16(25)9-24-17(22-23-19(24)28)15-4-3-7-29-15/h3-8,10H,9H2,1-2H3,(H,23,28)(H,20,21,25). The Morgan fingerprint density at radius 1 is 1.27 bits per heavy atom. The molecule has 1 amide bonds. The average molecular weight is 460 g/mol. The molecule has 0 saturated carbocycles. The van der Waals surface area contributed by atoms with E-state index in [1.807, 2.05) is 41.1 Å². The molecular formula is C19H17N5O3S3. The van der Waals surface area contributed by atoms with Gasteiger partial charge in [-0.2, -0.15) is 5.10 Å². The maximum absolute atomic E-state index is 12.6. The zero-order chi connectivity index (χ0) is 21.1. The second kappa shape index (κ2) is 8.78. The van der Waals surface area contributed by atoms with E-state index in [4.69, 9.17) is 21.7 Å². The van der Waals surface area contributed by atoms with E-state index in [2.05, 4.69) is 20.5 Å². The minimum absolute atomic E-state index is 0.0277. The molecule has 0 radical (unpaired) electrons. The summed E-state index contributed by atoms with van der Waals surface area (Å²) in [5.41, 5.74) is 1.47. The summed E-state index contributed by atoms with van der Waals surface area (Å²) in [5, 5.41) is 14.1. The van der Waals surface area contributed by atoms with Crippen LogP contribution in [0.5, 0.6) is 11.5 Å². The monoisotopic (exact) mass is 459 g/mol. The fourth-order valence-corrected chi connectivity index (χ4v) is 4.48. The summed E-state index contributed by atoms with van der Waals surface area (Å²) in [5.74, 6) is 1.75. The number of amides is 1. The van der Waals surface area contributed by atoms with E-state index in [0.717, 1.165) is 10.4 Å². The van der Waals surface area contributed by atoms with E-state index >= 15 is 0 Å². The number of carbonyl (C=O) groups excluding carboxylic acids is 1. The molecule has 0 aliphatic carbocycles. The Morgan fingerprint density at radius 2 is 2.13 bits per heavy atom. The van der Waals surface area contributed by atoms with Crippen molar-refractivity contribution in [3.8, 4) is 33.5 Å². The number of benzene rings is 1. The highest BCUT2D eigenvalue weighted by atomic mass is 32.1. The van der Waals surface area contributed by atoms with Gasteiger partial charge < -0.3 is 14.8 Å². The third-order valence-corrected chi connectivity index (χ3v) is 6.17. The molecule has 0 bridgehead atoms. The summed E-state index contributed by atoms with van der Waals surface area (Å²) in [4.78, 5) is 18.1. The maximum atomic E-state index is 12.6. The molecule has 3 aromatic heterocycles. The second-order valence-corrected chi connectivity index (χ2v) is 8.26. The van der Waals surface area contributed by atoms with E-state index in [1.54, 1.807) is 18.8 Å². The molecule has 0 atom stereocenters. The van der Waals surface area contributed by atoms with E-state index < -0.39 is 0 Å². The Hall–Kier alpha value is -3.02. The predicted molar refractivity (Wildman–Crippen MR) is 120 cm³/mol. The number of nitrogens with one attached hydrogen (secondary N) is 2. The number of rotatable bonds is 7. The maximum Gasteiger partial charge on any atom is 0.246 e. The predicted octanol–water partition coefficient (Wildman–Crippen LogP) is 4.45. The number of nitrogens with zero attached hydrogens (tertiary/aromatic N) is 3. The Balaban J connectivity index is 1.52. The molecule has 0 aliphatic heterocycles. The Morgan fingerprint density at radius 3 is 2.87 bits per heavy atom. The summed E-state index contributed by atoms with van der Waals surface area (Å²) in [6.07, 6.45) is 0. The first-order valence-electron chi connectivity index (χ1n) is 8.76. The number of thiazole rings is 1. The zero-order valence-electron chi connectivity index (χ0n) is 16.0. The molecule has 1 aromatic carbocycles. The van der Waals surface area contributed by atoms with Gasteiger partial charge in [-0.25, -0.2) is 4.98 Å². The van der Waals surface area contributed by atoms with Gasteiger partial charge in [0.25, 0.3) is 0 Å². The average Bonchev–Trinajstić information content (AvgIpc) is 3.50. The molecule has 0 fully saturated rings. The van der Waals surface area contributed by atoms with Crippen LogP contribution in [-0.4, -0.2) is 39.9 Å². The lowest BCUT2D eigenvalue weighted by atomic mass is 10.1. The van der Waals surface area contributed by atoms with Crippen molar-refractivity contribution in [2.45, 2.75) is 6.54 Å². The number of aromatic nitrogens is 4. The first kappa shape index (κ1) is 20.3. The fourth-order valence-electron chi connectivity index (χ4n) is 2.83. The smallest absolute Gasteiger partial charge is 0.246 e. The van der Waals surface area contributed by atoms with Gasteiger partial charge in [-0.3, -0.25) is 14.5 Å². The lowest BCUT2D eigenvalue weighted by Gasteiger charge is -2.08. The minimum Gasteiger partial charge on any atom is -0.497 e. The van der Waals surface area contributed by atoms with Crippen LogP contribution in [0.1, 0.15) is 0 Å². The van der Waals surface area contributed by atoms with Gasteiger partial charge >= 0.3 is 0 Å². The van der Waals surface area contributed by atoms with Crippen LogP contribution in [-0.2, 0) is 11.3 Å². The van der Waals surface area contributed by atoms with Crippen molar-refractivity contribution in [1.82, 2.24) is 19.7 Å². The second-order valence-electron chi connectivity index (χ2n) is 6.07. The molecule has 0 saturated heterocycles. The summed E-state index contributed by atoms with van der Waals surface area (Å²) >= 11 is 8.14. The topological polar surface area (TPSA) is 94.1 Å². The van der Waals surface area contributed by atoms with Crippen molar-refractivity contribution in [2.75, 3.05) is 19.5 Å². The van der Waals surface area contributed by atoms with Crippen LogP contribution in [0, 0.1) is 4.77 Å². The molecule has 2 N–H and O–H groups in total. The molecule has 11 heteroatoms. The third-order valence-electron chi connectivity index (χ3n) is 4.23. The zero-order valence-corrected chi connectivity index (χ0v) is 18.5. The number of H-pyrrole nitrogens is 1. The lowest BCUT2D eigenvalue weighted by Crippen LogP contribution is -2.19. The number of anilines is 1. The van der Waals surface area contributed by atoms with Gasteiger partial charge in [0.1, 0.15) is 18.0 Å². The van der Waals surface area contributed by atoms with Crippen molar-refractivity contribution in [2.24, 2.45) is 0 Å². The summed E-state index contributed by atoms with van der Waals surface area (Å²) in [7, 11) is 3.20. The molecule has 4 aromatic rings. The van der Waals surface area contributed by atoms with Crippen molar-refractivity contribution >= 4 is 45.9 Å². The largest absolute Gasteiger partial charge is 0.497 e. The number of aromatic amines is 1. The minimum atomic E-state index is -0.246. The van der Waals surface area contributed by atoms with Gasteiger partial charge in [-0.05, 0) is 41.9 Å². The lowest BCUT2D eigenvalue weighted by molar-refractivity contribution is -0.116. The molecular weight excluding hydrogens is 442 g/mol. The summed E-state index contributed by atoms with van der Waals surface area (Å²) in [6.45, 7) is 0.0277. The van der Waals surface area contributed by atoms with Crippen molar-refractivity contribution in [3.05, 3.63) is 45.9 Å². The van der Waals surface area contributed by atoms with E-state index in [-0.39, 0.29) is 12.5 Å². The quantitative estimate of drug-likeness (QED) is 0.397. The highest BCUT2D eigenvalue weighted by molar-refractivity contribution is 7.71. The molecule has 3 heterocycles. The van der Waals surface area contributed by atoms with Gasteiger partial charge in [0, 0.05) is 10.9 Å². The number of thiophene rings is 1. The summed E-state index contributed by atoms with van der Waals surface area (Å²) in [6, 6.07) is 9.33. The van der Waals surface area contributed by atoms with E-state index in [9.17, 15) is 4.79 Å². The van der Waals surface area contributed by atoms with E-state index in [1.165, 1.54) is 22.7 Å². The van der Waals surface area contributed by atoms with Crippen LogP contribution in [0.25, 0.3) is 22.0 Å². The number of hydrogen-bond acceptors (Lipinski definition) is 8. The molecule has 30 heavy (non-hydrogen) atoms. The Labute approximate surface area is 185 Å². The number of ether oxygens (including phenoxy) is 2. The molecule has 8 nitrogen and oxygen atoms in total. The molecule has 4 rings (SSSR count). The number of carbonyl (C=O) groups is 1. The van der Waals surface area contributed by atoms with Gasteiger partial charge in [0.15, 0.2) is 15.7 Å². The number of hydrogen-bond donors (Lipinski definition) is 2. The molecule has 0 spiro atoms. The van der Waals surface area contributed by atoms with Gasteiger partial charge in [0.2, 0.25) is 5.91 Å². The molecule has 0 unspecified atom stereocenters. The van der Waals surface area contributed by atoms with Gasteiger partial charge in [-0.1, -0.05) is 6.07 Å². The Bertz CT molecular complexity index is 1230. The fraction of sp³-hybridized carbons (Fsp3) is 0.158. The van der Waals surface area contributed by atoms with Crippen LogP contribution in [0.15, 0.2) is 41.1 Å². The Kier molecular flexibility index (Phi) is 5.93. The van der Waals surface area contributed by atoms with Crippen LogP contribution in [0.4, 0.5) is 5.13 Å².